The van der Waals surface area contributed by atoms with Crippen LogP contribution >= 0.6 is 0 Å². The van der Waals surface area contributed by atoms with Crippen LogP contribution in [0, 0.1) is 6.92 Å². The van der Waals surface area contributed by atoms with Crippen LogP contribution in [0.2, 0.25) is 0 Å². The lowest BCUT2D eigenvalue weighted by molar-refractivity contribution is 0.577. The van der Waals surface area contributed by atoms with Crippen molar-refractivity contribution in [2.24, 2.45) is 0 Å². The molecule has 0 fully saturated rings. The Kier molecular flexibility index (Phi) is 1.85. The summed E-state index contributed by atoms with van der Waals surface area (Å²) in [7, 11) is 0. The van der Waals surface area contributed by atoms with Gasteiger partial charge in [0.15, 0.2) is 11.6 Å². The van der Waals surface area contributed by atoms with E-state index in [9.17, 15) is 4.79 Å². The minimum atomic E-state index is -0.246. The minimum absolute atomic E-state index is 0.222. The normalized spacial score (nSPS) is 10.4. The number of anilines is 1. The van der Waals surface area contributed by atoms with Gasteiger partial charge in [0, 0.05) is 0 Å². The fraction of sp³-hybridized carbons (Fsp3) is 0.111. The Balaban J connectivity index is 2.63. The van der Waals surface area contributed by atoms with E-state index in [4.69, 9.17) is 10.2 Å². The molecule has 2 aromatic rings. The molecule has 0 bridgehead atoms. The van der Waals surface area contributed by atoms with Crippen LogP contribution in [-0.4, -0.2) is 9.97 Å². The summed E-state index contributed by atoms with van der Waals surface area (Å²) in [5, 5.41) is 0. The average molecular weight is 191 g/mol. The highest BCUT2D eigenvalue weighted by molar-refractivity contribution is 5.50. The number of H-pyrrole nitrogens is 1. The van der Waals surface area contributed by atoms with E-state index in [1.54, 1.807) is 19.1 Å². The fourth-order valence-corrected chi connectivity index (χ4v) is 1.08. The van der Waals surface area contributed by atoms with E-state index in [0.717, 1.165) is 0 Å². The third-order valence-corrected chi connectivity index (χ3v) is 1.94. The van der Waals surface area contributed by atoms with E-state index in [1.165, 1.54) is 6.26 Å². The van der Waals surface area contributed by atoms with Crippen molar-refractivity contribution in [1.29, 1.82) is 0 Å². The molecule has 0 saturated carbocycles. The molecule has 0 unspecified atom stereocenters. The van der Waals surface area contributed by atoms with Gasteiger partial charge in [-0.1, -0.05) is 0 Å². The smallest absolute Gasteiger partial charge is 0.256 e. The standard InChI is InChI=1S/C9H9N3O2/c1-5-7(10)11-8(12-9(5)13)6-3-2-4-14-6/h2-4H,1H3,(H3,10,11,12,13). The van der Waals surface area contributed by atoms with Crippen molar-refractivity contribution in [2.75, 3.05) is 5.73 Å². The van der Waals surface area contributed by atoms with Crippen LogP contribution < -0.4 is 11.3 Å². The molecule has 0 aliphatic carbocycles. The van der Waals surface area contributed by atoms with E-state index < -0.39 is 0 Å². The van der Waals surface area contributed by atoms with Gasteiger partial charge in [-0.15, -0.1) is 0 Å². The van der Waals surface area contributed by atoms with Crippen molar-refractivity contribution >= 4 is 5.82 Å². The summed E-state index contributed by atoms with van der Waals surface area (Å²) >= 11 is 0. The predicted molar refractivity (Wildman–Crippen MR) is 51.7 cm³/mol. The molecule has 5 nitrogen and oxygen atoms in total. The molecule has 0 saturated heterocycles. The van der Waals surface area contributed by atoms with E-state index >= 15 is 0 Å². The maximum atomic E-state index is 11.3. The largest absolute Gasteiger partial charge is 0.461 e. The van der Waals surface area contributed by atoms with E-state index in [0.29, 0.717) is 17.1 Å². The number of furan rings is 1. The molecule has 0 radical (unpaired) electrons. The summed E-state index contributed by atoms with van der Waals surface area (Å²) in [5.74, 6) is 1.07. The summed E-state index contributed by atoms with van der Waals surface area (Å²) in [4.78, 5) is 17.9. The monoisotopic (exact) mass is 191 g/mol. The first-order chi connectivity index (χ1) is 6.68. The molecule has 0 atom stereocenters. The lowest BCUT2D eigenvalue weighted by Crippen LogP contribution is -2.15. The van der Waals surface area contributed by atoms with Crippen LogP contribution in [0.25, 0.3) is 11.6 Å². The molecule has 0 aliphatic heterocycles. The Morgan fingerprint density at radius 3 is 2.93 bits per heavy atom. The molecule has 2 rings (SSSR count). The third kappa shape index (κ3) is 1.28. The van der Waals surface area contributed by atoms with Crippen molar-refractivity contribution in [1.82, 2.24) is 9.97 Å². The first kappa shape index (κ1) is 8.55. The Morgan fingerprint density at radius 1 is 1.57 bits per heavy atom. The molecular formula is C9H9N3O2. The highest BCUT2D eigenvalue weighted by Crippen LogP contribution is 2.14. The molecular weight excluding hydrogens is 182 g/mol. The minimum Gasteiger partial charge on any atom is -0.461 e. The summed E-state index contributed by atoms with van der Waals surface area (Å²) < 4.78 is 5.08. The number of nitrogens with two attached hydrogens (primary N) is 1. The van der Waals surface area contributed by atoms with Gasteiger partial charge in [0.1, 0.15) is 5.82 Å². The molecule has 5 heteroatoms. The molecule has 2 heterocycles. The second-order valence-corrected chi connectivity index (χ2v) is 2.90. The van der Waals surface area contributed by atoms with E-state index in [2.05, 4.69) is 9.97 Å². The molecule has 3 N–H and O–H groups in total. The fourth-order valence-electron chi connectivity index (χ4n) is 1.08. The lowest BCUT2D eigenvalue weighted by Gasteiger charge is -2.00. The van der Waals surface area contributed by atoms with Gasteiger partial charge in [-0.3, -0.25) is 4.79 Å². The van der Waals surface area contributed by atoms with Gasteiger partial charge >= 0.3 is 0 Å². The summed E-state index contributed by atoms with van der Waals surface area (Å²) in [6.07, 6.45) is 1.51. The topological polar surface area (TPSA) is 84.9 Å². The zero-order valence-corrected chi connectivity index (χ0v) is 7.57. The van der Waals surface area contributed by atoms with Gasteiger partial charge in [-0.05, 0) is 19.1 Å². The highest BCUT2D eigenvalue weighted by atomic mass is 16.3. The SMILES string of the molecule is Cc1c(N)nc(-c2ccco2)[nH]c1=O. The van der Waals surface area contributed by atoms with Crippen LogP contribution in [0.4, 0.5) is 5.82 Å². The average Bonchev–Trinajstić information content (AvgIpc) is 2.66. The maximum Gasteiger partial charge on any atom is 0.256 e. The van der Waals surface area contributed by atoms with Crippen molar-refractivity contribution in [3.05, 3.63) is 34.3 Å². The number of aromatic amines is 1. The van der Waals surface area contributed by atoms with Crippen molar-refractivity contribution < 1.29 is 4.42 Å². The molecule has 14 heavy (non-hydrogen) atoms. The highest BCUT2D eigenvalue weighted by Gasteiger charge is 2.07. The van der Waals surface area contributed by atoms with Gasteiger partial charge in [0.25, 0.3) is 5.56 Å². The lowest BCUT2D eigenvalue weighted by atomic mass is 10.3. The Bertz CT molecular complexity index is 499. The first-order valence-electron chi connectivity index (χ1n) is 4.09. The zero-order valence-electron chi connectivity index (χ0n) is 7.57. The van der Waals surface area contributed by atoms with Gasteiger partial charge in [0.2, 0.25) is 0 Å². The Labute approximate surface area is 79.6 Å². The molecule has 0 aliphatic rings. The number of nitrogens with one attached hydrogen (secondary N) is 1. The summed E-state index contributed by atoms with van der Waals surface area (Å²) in [5.41, 5.74) is 5.73. The maximum absolute atomic E-state index is 11.3. The van der Waals surface area contributed by atoms with Crippen LogP contribution in [0.15, 0.2) is 27.6 Å². The number of nitrogen functional groups attached to an aromatic ring is 1. The van der Waals surface area contributed by atoms with Gasteiger partial charge in [-0.25, -0.2) is 4.98 Å². The zero-order chi connectivity index (χ0) is 10.1. The number of nitrogens with zero attached hydrogens (tertiary/aromatic N) is 1. The quantitative estimate of drug-likeness (QED) is 0.701. The Morgan fingerprint density at radius 2 is 2.36 bits per heavy atom. The van der Waals surface area contributed by atoms with Gasteiger partial charge < -0.3 is 15.1 Å². The second kappa shape index (κ2) is 3.02. The molecule has 0 amide bonds. The molecule has 2 aromatic heterocycles. The molecule has 0 aromatic carbocycles. The van der Waals surface area contributed by atoms with E-state index in [1.807, 2.05) is 0 Å². The number of hydrogen-bond acceptors (Lipinski definition) is 4. The van der Waals surface area contributed by atoms with Crippen LogP contribution in [0.3, 0.4) is 0 Å². The molecule has 72 valence electrons. The number of aromatic nitrogens is 2. The first-order valence-corrected chi connectivity index (χ1v) is 4.09. The third-order valence-electron chi connectivity index (χ3n) is 1.94. The van der Waals surface area contributed by atoms with Gasteiger partial charge in [-0.2, -0.15) is 0 Å². The van der Waals surface area contributed by atoms with Gasteiger partial charge in [0.05, 0.1) is 11.8 Å². The molecule has 0 spiro atoms. The summed E-state index contributed by atoms with van der Waals surface area (Å²) in [6, 6.07) is 3.42. The second-order valence-electron chi connectivity index (χ2n) is 2.90. The summed E-state index contributed by atoms with van der Waals surface area (Å²) in [6.45, 7) is 1.62. The van der Waals surface area contributed by atoms with Crippen LogP contribution in [-0.2, 0) is 0 Å². The van der Waals surface area contributed by atoms with Crippen molar-refractivity contribution in [3.63, 3.8) is 0 Å². The van der Waals surface area contributed by atoms with Crippen LogP contribution in [0.1, 0.15) is 5.56 Å². The number of rotatable bonds is 1. The van der Waals surface area contributed by atoms with Crippen LogP contribution in [0.5, 0.6) is 0 Å². The predicted octanol–water partition coefficient (Wildman–Crippen LogP) is 0.921. The Hall–Kier alpha value is -2.04. The number of hydrogen-bond donors (Lipinski definition) is 2. The van der Waals surface area contributed by atoms with E-state index in [-0.39, 0.29) is 11.4 Å². The van der Waals surface area contributed by atoms with Crippen molar-refractivity contribution in [3.8, 4) is 11.6 Å². The van der Waals surface area contributed by atoms with Crippen molar-refractivity contribution in [2.45, 2.75) is 6.92 Å².